The number of anilines is 1. The zero-order valence-corrected chi connectivity index (χ0v) is 12.7. The van der Waals surface area contributed by atoms with Crippen LogP contribution in [0, 0.1) is 11.6 Å². The molecule has 0 bridgehead atoms. The van der Waals surface area contributed by atoms with Crippen LogP contribution in [-0.4, -0.2) is 35.0 Å². The van der Waals surface area contributed by atoms with E-state index in [9.17, 15) is 18.4 Å². The molecular weight excluding hydrogens is 292 g/mol. The van der Waals surface area contributed by atoms with Crippen LogP contribution in [0.2, 0.25) is 0 Å². The fourth-order valence-electron chi connectivity index (χ4n) is 2.39. The van der Waals surface area contributed by atoms with Crippen molar-refractivity contribution in [3.63, 3.8) is 0 Å². The van der Waals surface area contributed by atoms with Crippen LogP contribution in [-0.2, 0) is 4.79 Å². The van der Waals surface area contributed by atoms with Crippen molar-refractivity contribution in [3.05, 3.63) is 29.8 Å². The van der Waals surface area contributed by atoms with Gasteiger partial charge in [0.05, 0.1) is 11.7 Å². The molecule has 0 aliphatic carbocycles. The van der Waals surface area contributed by atoms with Crippen molar-refractivity contribution in [2.75, 3.05) is 11.9 Å². The van der Waals surface area contributed by atoms with Crippen molar-refractivity contribution in [2.24, 2.45) is 0 Å². The number of amides is 3. The Kier molecular flexibility index (Phi) is 4.35. The van der Waals surface area contributed by atoms with Crippen LogP contribution in [0.25, 0.3) is 0 Å². The molecule has 2 N–H and O–H groups in total. The Labute approximate surface area is 127 Å². The van der Waals surface area contributed by atoms with Crippen LogP contribution in [0.1, 0.15) is 27.2 Å². The number of likely N-dealkylation sites (tertiary alicyclic amines) is 1. The summed E-state index contributed by atoms with van der Waals surface area (Å²) in [7, 11) is 0. The quantitative estimate of drug-likeness (QED) is 0.881. The van der Waals surface area contributed by atoms with E-state index in [-0.39, 0.29) is 29.6 Å². The first-order chi connectivity index (χ1) is 10.2. The standard InChI is InChI=1S/C15H19F2N3O2/c1-15(2,3)20-8-10(7-13(20)21)18-14(22)19-12-6-9(16)4-5-11(12)17/h4-6,10H,7-8H2,1-3H3,(H2,18,19,22). The van der Waals surface area contributed by atoms with E-state index < -0.39 is 17.7 Å². The second kappa shape index (κ2) is 5.90. The lowest BCUT2D eigenvalue weighted by Crippen LogP contribution is -2.45. The maximum Gasteiger partial charge on any atom is 0.319 e. The molecule has 1 saturated heterocycles. The van der Waals surface area contributed by atoms with Crippen LogP contribution < -0.4 is 10.6 Å². The lowest BCUT2D eigenvalue weighted by molar-refractivity contribution is -0.131. The van der Waals surface area contributed by atoms with Gasteiger partial charge in [-0.3, -0.25) is 4.79 Å². The number of benzene rings is 1. The molecule has 120 valence electrons. The Morgan fingerprint density at radius 2 is 2.00 bits per heavy atom. The van der Waals surface area contributed by atoms with E-state index in [1.165, 1.54) is 0 Å². The number of halogens is 2. The highest BCUT2D eigenvalue weighted by atomic mass is 19.1. The fraction of sp³-hybridized carbons (Fsp3) is 0.467. The van der Waals surface area contributed by atoms with Crippen LogP contribution in [0.4, 0.5) is 19.3 Å². The monoisotopic (exact) mass is 311 g/mol. The molecular formula is C15H19F2N3O2. The number of carbonyl (C=O) groups excluding carboxylic acids is 2. The van der Waals surface area contributed by atoms with Crippen molar-refractivity contribution in [1.29, 1.82) is 0 Å². The lowest BCUT2D eigenvalue weighted by atomic mass is 10.1. The summed E-state index contributed by atoms with van der Waals surface area (Å²) in [6.45, 7) is 6.13. The van der Waals surface area contributed by atoms with Gasteiger partial charge in [-0.15, -0.1) is 0 Å². The molecule has 0 aromatic heterocycles. The summed E-state index contributed by atoms with van der Waals surface area (Å²) in [6, 6.07) is 1.78. The fourth-order valence-corrected chi connectivity index (χ4v) is 2.39. The molecule has 1 unspecified atom stereocenters. The molecule has 22 heavy (non-hydrogen) atoms. The number of hydrogen-bond donors (Lipinski definition) is 2. The smallest absolute Gasteiger partial charge is 0.319 e. The molecule has 7 heteroatoms. The Morgan fingerprint density at radius 3 is 2.59 bits per heavy atom. The highest BCUT2D eigenvalue weighted by molar-refractivity contribution is 5.90. The topological polar surface area (TPSA) is 61.4 Å². The largest absolute Gasteiger partial charge is 0.336 e. The van der Waals surface area contributed by atoms with E-state index in [1.54, 1.807) is 4.90 Å². The molecule has 0 saturated carbocycles. The van der Waals surface area contributed by atoms with Crippen molar-refractivity contribution in [2.45, 2.75) is 38.8 Å². The summed E-state index contributed by atoms with van der Waals surface area (Å²) in [4.78, 5) is 25.4. The normalized spacial score (nSPS) is 18.5. The first-order valence-electron chi connectivity index (χ1n) is 7.00. The van der Waals surface area contributed by atoms with E-state index in [4.69, 9.17) is 0 Å². The van der Waals surface area contributed by atoms with Gasteiger partial charge < -0.3 is 15.5 Å². The summed E-state index contributed by atoms with van der Waals surface area (Å²) in [6.07, 6.45) is 0.191. The molecule has 1 aliphatic rings. The highest BCUT2D eigenvalue weighted by Crippen LogP contribution is 2.22. The van der Waals surface area contributed by atoms with Crippen molar-refractivity contribution in [3.8, 4) is 0 Å². The molecule has 2 rings (SSSR count). The maximum atomic E-state index is 13.5. The van der Waals surface area contributed by atoms with Gasteiger partial charge in [-0.2, -0.15) is 0 Å². The molecule has 1 heterocycles. The zero-order valence-electron chi connectivity index (χ0n) is 12.7. The predicted molar refractivity (Wildman–Crippen MR) is 78.4 cm³/mol. The first kappa shape index (κ1) is 16.2. The minimum atomic E-state index is -0.727. The molecule has 3 amide bonds. The van der Waals surface area contributed by atoms with Crippen molar-refractivity contribution in [1.82, 2.24) is 10.2 Å². The summed E-state index contributed by atoms with van der Waals surface area (Å²) in [5, 5.41) is 4.86. The molecule has 1 aromatic carbocycles. The van der Waals surface area contributed by atoms with Gasteiger partial charge in [-0.25, -0.2) is 13.6 Å². The van der Waals surface area contributed by atoms with Gasteiger partial charge in [0.15, 0.2) is 0 Å². The van der Waals surface area contributed by atoms with Gasteiger partial charge in [0.25, 0.3) is 0 Å². The van der Waals surface area contributed by atoms with E-state index in [0.717, 1.165) is 18.2 Å². The first-order valence-corrected chi connectivity index (χ1v) is 7.00. The molecule has 5 nitrogen and oxygen atoms in total. The summed E-state index contributed by atoms with van der Waals surface area (Å²) in [5.74, 6) is -1.42. The summed E-state index contributed by atoms with van der Waals surface area (Å²) >= 11 is 0. The Morgan fingerprint density at radius 1 is 1.32 bits per heavy atom. The molecule has 0 spiro atoms. The third-order valence-electron chi connectivity index (χ3n) is 3.45. The van der Waals surface area contributed by atoms with Crippen molar-refractivity contribution >= 4 is 17.6 Å². The van der Waals surface area contributed by atoms with Crippen LogP contribution in [0.3, 0.4) is 0 Å². The van der Waals surface area contributed by atoms with Gasteiger partial charge in [-0.05, 0) is 32.9 Å². The second-order valence-corrected chi connectivity index (χ2v) is 6.30. The SMILES string of the molecule is CC(C)(C)N1CC(NC(=O)Nc2cc(F)ccc2F)CC1=O. The number of urea groups is 1. The third-order valence-corrected chi connectivity index (χ3v) is 3.45. The number of nitrogens with one attached hydrogen (secondary N) is 2. The Hall–Kier alpha value is -2.18. The van der Waals surface area contributed by atoms with Crippen LogP contribution >= 0.6 is 0 Å². The average Bonchev–Trinajstić information content (AvgIpc) is 2.74. The van der Waals surface area contributed by atoms with Crippen molar-refractivity contribution < 1.29 is 18.4 Å². The number of carbonyl (C=O) groups is 2. The van der Waals surface area contributed by atoms with Gasteiger partial charge >= 0.3 is 6.03 Å². The molecule has 1 atom stereocenters. The van der Waals surface area contributed by atoms with E-state index in [0.29, 0.717) is 6.54 Å². The molecule has 1 fully saturated rings. The third kappa shape index (κ3) is 3.72. The van der Waals surface area contributed by atoms with E-state index >= 15 is 0 Å². The summed E-state index contributed by atoms with van der Waals surface area (Å²) < 4.78 is 26.5. The minimum absolute atomic E-state index is 0.0465. The number of nitrogens with zero attached hydrogens (tertiary/aromatic N) is 1. The van der Waals surface area contributed by atoms with Gasteiger partial charge in [-0.1, -0.05) is 0 Å². The second-order valence-electron chi connectivity index (χ2n) is 6.30. The Balaban J connectivity index is 1.96. The number of rotatable bonds is 2. The maximum absolute atomic E-state index is 13.5. The Bertz CT molecular complexity index is 599. The molecule has 0 radical (unpaired) electrons. The van der Waals surface area contributed by atoms with Crippen LogP contribution in [0.15, 0.2) is 18.2 Å². The van der Waals surface area contributed by atoms with Gasteiger partial charge in [0.1, 0.15) is 11.6 Å². The zero-order chi connectivity index (χ0) is 16.5. The van der Waals surface area contributed by atoms with Gasteiger partial charge in [0, 0.05) is 24.6 Å². The average molecular weight is 311 g/mol. The predicted octanol–water partition coefficient (Wildman–Crippen LogP) is 2.49. The van der Waals surface area contributed by atoms with E-state index in [1.807, 2.05) is 20.8 Å². The summed E-state index contributed by atoms with van der Waals surface area (Å²) in [5.41, 5.74) is -0.562. The highest BCUT2D eigenvalue weighted by Gasteiger charge is 2.36. The van der Waals surface area contributed by atoms with E-state index in [2.05, 4.69) is 10.6 Å². The number of hydrogen-bond acceptors (Lipinski definition) is 2. The minimum Gasteiger partial charge on any atom is -0.336 e. The van der Waals surface area contributed by atoms with Gasteiger partial charge in [0.2, 0.25) is 5.91 Å². The lowest BCUT2D eigenvalue weighted by Gasteiger charge is -2.32. The molecule has 1 aromatic rings. The molecule has 1 aliphatic heterocycles. The van der Waals surface area contributed by atoms with Crippen LogP contribution in [0.5, 0.6) is 0 Å².